The van der Waals surface area contributed by atoms with Gasteiger partial charge in [0.15, 0.2) is 5.16 Å². The Balaban J connectivity index is 1.96. The molecule has 0 aliphatic rings. The molecule has 1 aromatic heterocycles. The molecule has 1 heterocycles. The highest BCUT2D eigenvalue weighted by Crippen LogP contribution is 2.24. The van der Waals surface area contributed by atoms with Gasteiger partial charge in [-0.15, -0.1) is 10.2 Å². The van der Waals surface area contributed by atoms with Gasteiger partial charge >= 0.3 is 0 Å². The lowest BCUT2D eigenvalue weighted by atomic mass is 10.1. The molecule has 3 aromatic rings. The molecule has 3 rings (SSSR count). The molecule has 2 aromatic carbocycles. The van der Waals surface area contributed by atoms with Gasteiger partial charge in [0.25, 0.3) is 0 Å². The van der Waals surface area contributed by atoms with Gasteiger partial charge in [-0.05, 0) is 36.6 Å². The van der Waals surface area contributed by atoms with Crippen molar-refractivity contribution >= 4 is 11.8 Å². The zero-order valence-corrected chi connectivity index (χ0v) is 15.1. The third-order valence-corrected chi connectivity index (χ3v) is 4.91. The Morgan fingerprint density at radius 2 is 1.83 bits per heavy atom. The van der Waals surface area contributed by atoms with Crippen molar-refractivity contribution in [3.63, 3.8) is 0 Å². The number of hydrogen-bond acceptors (Lipinski definition) is 3. The van der Waals surface area contributed by atoms with E-state index in [2.05, 4.69) is 77.1 Å². The summed E-state index contributed by atoms with van der Waals surface area (Å²) in [6.45, 7) is 4.33. The van der Waals surface area contributed by atoms with Crippen molar-refractivity contribution < 1.29 is 0 Å². The Bertz CT molecular complexity index is 781. The van der Waals surface area contributed by atoms with E-state index in [1.54, 1.807) is 11.8 Å². The number of unbranched alkanes of at least 4 members (excludes halogenated alkanes) is 1. The van der Waals surface area contributed by atoms with Crippen LogP contribution >= 0.6 is 11.8 Å². The molecule has 0 N–H and O–H groups in total. The van der Waals surface area contributed by atoms with Crippen LogP contribution in [0.4, 0.5) is 0 Å². The van der Waals surface area contributed by atoms with E-state index < -0.39 is 0 Å². The minimum atomic E-state index is 0.788. The van der Waals surface area contributed by atoms with Crippen molar-refractivity contribution in [1.82, 2.24) is 14.8 Å². The van der Waals surface area contributed by atoms with Gasteiger partial charge in [0.1, 0.15) is 5.82 Å². The predicted octanol–water partition coefficient (Wildman–Crippen LogP) is 5.06. The summed E-state index contributed by atoms with van der Waals surface area (Å²) in [6, 6.07) is 19.0. The van der Waals surface area contributed by atoms with Crippen LogP contribution in [0.25, 0.3) is 5.69 Å². The summed E-state index contributed by atoms with van der Waals surface area (Å²) < 4.78 is 2.21. The highest BCUT2D eigenvalue weighted by molar-refractivity contribution is 7.99. The zero-order chi connectivity index (χ0) is 16.8. The summed E-state index contributed by atoms with van der Waals surface area (Å²) in [5.41, 5.74) is 3.64. The minimum absolute atomic E-state index is 0.788. The lowest BCUT2D eigenvalue weighted by molar-refractivity contribution is 0.840. The van der Waals surface area contributed by atoms with Gasteiger partial charge in [0, 0.05) is 17.9 Å². The van der Waals surface area contributed by atoms with Gasteiger partial charge in [-0.1, -0.05) is 67.6 Å². The van der Waals surface area contributed by atoms with Crippen molar-refractivity contribution in [2.75, 3.05) is 5.75 Å². The first kappa shape index (κ1) is 16.8. The first-order chi connectivity index (χ1) is 11.8. The van der Waals surface area contributed by atoms with Crippen LogP contribution in [0.2, 0.25) is 0 Å². The number of rotatable bonds is 7. The highest BCUT2D eigenvalue weighted by Gasteiger charge is 2.14. The minimum Gasteiger partial charge on any atom is -0.274 e. The molecule has 0 amide bonds. The summed E-state index contributed by atoms with van der Waals surface area (Å²) in [4.78, 5) is 0. The van der Waals surface area contributed by atoms with Crippen LogP contribution in [0.5, 0.6) is 0 Å². The quantitative estimate of drug-likeness (QED) is 0.446. The third-order valence-electron chi connectivity index (χ3n) is 3.89. The number of benzene rings is 2. The van der Waals surface area contributed by atoms with Gasteiger partial charge in [0.05, 0.1) is 0 Å². The fourth-order valence-corrected chi connectivity index (χ4v) is 3.67. The topological polar surface area (TPSA) is 30.7 Å². The molecule has 0 spiro atoms. The SMILES string of the molecule is CCCCSc1nnc(Cc2ccccc2)n1-c1cccc(C)c1. The van der Waals surface area contributed by atoms with Crippen LogP contribution < -0.4 is 0 Å². The number of hydrogen-bond donors (Lipinski definition) is 0. The molecule has 124 valence electrons. The summed E-state index contributed by atoms with van der Waals surface area (Å²) >= 11 is 1.79. The molecule has 0 unspecified atom stereocenters. The molecule has 0 aliphatic heterocycles. The number of nitrogens with zero attached hydrogens (tertiary/aromatic N) is 3. The van der Waals surface area contributed by atoms with E-state index >= 15 is 0 Å². The monoisotopic (exact) mass is 337 g/mol. The van der Waals surface area contributed by atoms with Crippen molar-refractivity contribution in [2.45, 2.75) is 38.3 Å². The zero-order valence-electron chi connectivity index (χ0n) is 14.3. The fourth-order valence-electron chi connectivity index (χ4n) is 2.62. The van der Waals surface area contributed by atoms with Gasteiger partial charge in [-0.3, -0.25) is 4.57 Å². The van der Waals surface area contributed by atoms with Crippen molar-refractivity contribution in [2.24, 2.45) is 0 Å². The molecule has 0 atom stereocenters. The van der Waals surface area contributed by atoms with E-state index in [1.165, 1.54) is 24.0 Å². The average molecular weight is 337 g/mol. The van der Waals surface area contributed by atoms with Gasteiger partial charge in [-0.2, -0.15) is 0 Å². The summed E-state index contributed by atoms with van der Waals surface area (Å²) in [5.74, 6) is 2.07. The maximum absolute atomic E-state index is 4.49. The summed E-state index contributed by atoms with van der Waals surface area (Å²) in [5, 5.41) is 9.94. The van der Waals surface area contributed by atoms with E-state index in [-0.39, 0.29) is 0 Å². The van der Waals surface area contributed by atoms with Gasteiger partial charge < -0.3 is 0 Å². The van der Waals surface area contributed by atoms with E-state index in [4.69, 9.17) is 0 Å². The van der Waals surface area contributed by atoms with Gasteiger partial charge in [0.2, 0.25) is 0 Å². The third kappa shape index (κ3) is 4.06. The molecule has 24 heavy (non-hydrogen) atoms. The molecular formula is C20H23N3S. The summed E-state index contributed by atoms with van der Waals surface area (Å²) in [7, 11) is 0. The largest absolute Gasteiger partial charge is 0.274 e. The average Bonchev–Trinajstić information content (AvgIpc) is 2.98. The molecular weight excluding hydrogens is 314 g/mol. The lowest BCUT2D eigenvalue weighted by Crippen LogP contribution is -2.04. The molecule has 0 aliphatic carbocycles. The molecule has 3 nitrogen and oxygen atoms in total. The van der Waals surface area contributed by atoms with E-state index in [9.17, 15) is 0 Å². The predicted molar refractivity (Wildman–Crippen MR) is 101 cm³/mol. The van der Waals surface area contributed by atoms with Crippen LogP contribution in [0.3, 0.4) is 0 Å². The number of aryl methyl sites for hydroxylation is 1. The van der Waals surface area contributed by atoms with Gasteiger partial charge in [-0.25, -0.2) is 0 Å². The smallest absolute Gasteiger partial charge is 0.195 e. The Labute approximate surface area is 148 Å². The van der Waals surface area contributed by atoms with Crippen LogP contribution in [-0.4, -0.2) is 20.5 Å². The van der Waals surface area contributed by atoms with Crippen LogP contribution in [0, 0.1) is 6.92 Å². The summed E-state index contributed by atoms with van der Waals surface area (Å²) in [6.07, 6.45) is 3.18. The van der Waals surface area contributed by atoms with Crippen molar-refractivity contribution in [3.05, 3.63) is 71.5 Å². The van der Waals surface area contributed by atoms with E-state index in [1.807, 2.05) is 6.07 Å². The maximum atomic E-state index is 4.49. The van der Waals surface area contributed by atoms with E-state index in [0.29, 0.717) is 0 Å². The number of aromatic nitrogens is 3. The molecule has 0 fully saturated rings. The Morgan fingerprint density at radius 3 is 2.58 bits per heavy atom. The maximum Gasteiger partial charge on any atom is 0.195 e. The first-order valence-corrected chi connectivity index (χ1v) is 9.44. The molecule has 4 heteroatoms. The second-order valence-electron chi connectivity index (χ2n) is 5.94. The fraction of sp³-hybridized carbons (Fsp3) is 0.300. The second kappa shape index (κ2) is 8.15. The van der Waals surface area contributed by atoms with Crippen molar-refractivity contribution in [3.8, 4) is 5.69 Å². The van der Waals surface area contributed by atoms with Crippen LogP contribution in [0.15, 0.2) is 59.8 Å². The molecule has 0 saturated heterocycles. The molecule has 0 saturated carbocycles. The lowest BCUT2D eigenvalue weighted by Gasteiger charge is -2.11. The van der Waals surface area contributed by atoms with Crippen LogP contribution in [-0.2, 0) is 6.42 Å². The van der Waals surface area contributed by atoms with Crippen LogP contribution in [0.1, 0.15) is 36.7 Å². The molecule has 0 bridgehead atoms. The normalized spacial score (nSPS) is 10.9. The Kier molecular flexibility index (Phi) is 5.70. The highest BCUT2D eigenvalue weighted by atomic mass is 32.2. The Morgan fingerprint density at radius 1 is 1.00 bits per heavy atom. The van der Waals surface area contributed by atoms with Crippen molar-refractivity contribution in [1.29, 1.82) is 0 Å². The first-order valence-electron chi connectivity index (χ1n) is 8.46. The number of thioether (sulfide) groups is 1. The standard InChI is InChI=1S/C20H23N3S/c1-3-4-13-24-20-22-21-19(15-17-10-6-5-7-11-17)23(20)18-12-8-9-16(2)14-18/h5-12,14H,3-4,13,15H2,1-2H3. The second-order valence-corrected chi connectivity index (χ2v) is 7.00. The Hall–Kier alpha value is -2.07. The van der Waals surface area contributed by atoms with E-state index in [0.717, 1.165) is 28.8 Å². The molecule has 0 radical (unpaired) electrons.